The molecule has 0 N–H and O–H groups in total. The maximum absolute atomic E-state index is 8.25. The van der Waals surface area contributed by atoms with Crippen LogP contribution in [0.15, 0.2) is 0 Å². The van der Waals surface area contributed by atoms with Gasteiger partial charge >= 0.3 is 0 Å². The molecular weight excluding hydrogens is 141 g/mol. The molecule has 4 nitrogen and oxygen atoms in total. The highest BCUT2D eigenvalue weighted by Gasteiger charge is 2.03. The Kier molecular flexibility index (Phi) is 5.72. The Morgan fingerprint density at radius 3 is 1.11 bits per heavy atom. The minimum Gasteiger partial charge on any atom is -0.356 e. The van der Waals surface area contributed by atoms with Gasteiger partial charge in [-0.15, -0.1) is 0 Å². The molecule has 0 bridgehead atoms. The van der Waals surface area contributed by atoms with Crippen molar-refractivity contribution >= 4 is 7.26 Å². The maximum Gasteiger partial charge on any atom is 0.0689 e. The summed E-state index contributed by atoms with van der Waals surface area (Å²) in [4.78, 5) is 8.25. The maximum atomic E-state index is 8.25. The van der Waals surface area contributed by atoms with Gasteiger partial charge in [0.05, 0.1) is 5.09 Å². The number of nitrogens with zero attached hydrogens (tertiary/aromatic N) is 1. The summed E-state index contributed by atoms with van der Waals surface area (Å²) in [5, 5.41) is 14.8. The van der Waals surface area contributed by atoms with E-state index in [2.05, 4.69) is 26.7 Å². The second-order valence-corrected chi connectivity index (χ2v) is 8.27. The van der Waals surface area contributed by atoms with E-state index in [4.69, 9.17) is 15.3 Å². The first-order chi connectivity index (χ1) is 3.73. The Morgan fingerprint density at radius 1 is 1.11 bits per heavy atom. The van der Waals surface area contributed by atoms with Crippen LogP contribution in [0, 0.1) is 15.3 Å². The van der Waals surface area contributed by atoms with Crippen molar-refractivity contribution in [2.45, 2.75) is 0 Å². The highest BCUT2D eigenvalue weighted by molar-refractivity contribution is 7.72. The van der Waals surface area contributed by atoms with Crippen molar-refractivity contribution in [1.29, 1.82) is 0 Å². The van der Waals surface area contributed by atoms with E-state index in [0.717, 1.165) is 0 Å². The van der Waals surface area contributed by atoms with Gasteiger partial charge in [-0.25, -0.2) is 0 Å². The topological polar surface area (TPSA) is 66.2 Å². The fraction of sp³-hybridized carbons (Fsp3) is 1.00. The van der Waals surface area contributed by atoms with Crippen LogP contribution in [0.25, 0.3) is 0 Å². The van der Waals surface area contributed by atoms with Crippen molar-refractivity contribution in [2.24, 2.45) is 0 Å². The fourth-order valence-electron chi connectivity index (χ4n) is 0. The van der Waals surface area contributed by atoms with Gasteiger partial charge < -0.3 is 15.3 Å². The molecule has 56 valence electrons. The third-order valence-corrected chi connectivity index (χ3v) is 0. The van der Waals surface area contributed by atoms with E-state index < -0.39 is 5.09 Å². The minimum atomic E-state index is -1.75. The zero-order valence-corrected chi connectivity index (χ0v) is 7.01. The predicted octanol–water partition coefficient (Wildman–Crippen LogP) is 1.28. The van der Waals surface area contributed by atoms with E-state index in [1.807, 2.05) is 0 Å². The molecule has 0 aliphatic heterocycles. The standard InChI is InChI=1S/C4H12P.NO3/c1-5(2,3)4;2-1(3)4/h1-4H3;/q+1;-1. The number of rotatable bonds is 0. The molecule has 0 radical (unpaired) electrons. The summed E-state index contributed by atoms with van der Waals surface area (Å²) < 4.78 is 0. The summed E-state index contributed by atoms with van der Waals surface area (Å²) in [6.45, 7) is 9.19. The first-order valence-corrected chi connectivity index (χ1v) is 5.91. The molecule has 0 saturated carbocycles. The van der Waals surface area contributed by atoms with E-state index in [9.17, 15) is 0 Å². The van der Waals surface area contributed by atoms with Crippen molar-refractivity contribution in [1.82, 2.24) is 0 Å². The van der Waals surface area contributed by atoms with Gasteiger partial charge in [-0.05, 0) is 0 Å². The zero-order valence-electron chi connectivity index (χ0n) is 6.12. The minimum absolute atomic E-state index is 0.389. The zero-order chi connectivity index (χ0) is 8.08. The van der Waals surface area contributed by atoms with Crippen LogP contribution < -0.4 is 0 Å². The highest BCUT2D eigenvalue weighted by atomic mass is 31.2. The van der Waals surface area contributed by atoms with E-state index in [0.29, 0.717) is 0 Å². The van der Waals surface area contributed by atoms with Gasteiger partial charge in [-0.2, -0.15) is 0 Å². The SMILES string of the molecule is C[P+](C)(C)C.O=[N+]([O-])[O-]. The quantitative estimate of drug-likeness (QED) is 0.299. The summed E-state index contributed by atoms with van der Waals surface area (Å²) in [6.07, 6.45) is 0. The molecule has 0 heterocycles. The molecule has 0 amide bonds. The molecule has 0 spiro atoms. The van der Waals surface area contributed by atoms with Crippen molar-refractivity contribution in [2.75, 3.05) is 26.7 Å². The van der Waals surface area contributed by atoms with Gasteiger partial charge in [0.15, 0.2) is 0 Å². The average Bonchev–Trinajstić information content (AvgIpc) is 1.19. The Bertz CT molecular complexity index is 78.3. The normalized spacial score (nSPS) is 9.33. The Balaban J connectivity index is 0. The molecule has 5 heteroatoms. The fourth-order valence-corrected chi connectivity index (χ4v) is 0. The lowest BCUT2D eigenvalue weighted by Crippen LogP contribution is -1.74. The number of hydrogen-bond acceptors (Lipinski definition) is 3. The summed E-state index contributed by atoms with van der Waals surface area (Å²) in [5.41, 5.74) is 0. The van der Waals surface area contributed by atoms with E-state index in [1.54, 1.807) is 0 Å². The van der Waals surface area contributed by atoms with Gasteiger partial charge in [-0.1, -0.05) is 0 Å². The van der Waals surface area contributed by atoms with Gasteiger partial charge in [0.2, 0.25) is 0 Å². The van der Waals surface area contributed by atoms with Crippen LogP contribution in [0.3, 0.4) is 0 Å². The van der Waals surface area contributed by atoms with Crippen molar-refractivity contribution in [3.05, 3.63) is 15.3 Å². The first kappa shape index (κ1) is 11.4. The lowest BCUT2D eigenvalue weighted by Gasteiger charge is -1.97. The Labute approximate surface area is 55.3 Å². The van der Waals surface area contributed by atoms with Crippen LogP contribution in [-0.4, -0.2) is 31.7 Å². The van der Waals surface area contributed by atoms with Crippen LogP contribution in [-0.2, 0) is 0 Å². The van der Waals surface area contributed by atoms with Crippen molar-refractivity contribution in [3.8, 4) is 0 Å². The van der Waals surface area contributed by atoms with Gasteiger partial charge in [0.25, 0.3) is 0 Å². The number of hydrogen-bond donors (Lipinski definition) is 0. The largest absolute Gasteiger partial charge is 0.356 e. The molecule has 0 aromatic rings. The molecule has 0 aromatic carbocycles. The molecule has 0 unspecified atom stereocenters. The first-order valence-electron chi connectivity index (χ1n) is 2.34. The van der Waals surface area contributed by atoms with Crippen LogP contribution in [0.4, 0.5) is 0 Å². The smallest absolute Gasteiger partial charge is 0.0689 e. The van der Waals surface area contributed by atoms with Crippen LogP contribution >= 0.6 is 7.26 Å². The monoisotopic (exact) mass is 153 g/mol. The second kappa shape index (κ2) is 4.50. The van der Waals surface area contributed by atoms with E-state index in [-0.39, 0.29) is 7.26 Å². The van der Waals surface area contributed by atoms with Gasteiger partial charge in [-0.3, -0.25) is 0 Å². The lowest BCUT2D eigenvalue weighted by atomic mass is 11.8. The van der Waals surface area contributed by atoms with E-state index in [1.165, 1.54) is 0 Å². The molecule has 0 atom stereocenters. The second-order valence-electron chi connectivity index (χ2n) is 2.91. The predicted molar refractivity (Wildman–Crippen MR) is 41.0 cm³/mol. The summed E-state index contributed by atoms with van der Waals surface area (Å²) >= 11 is 0. The van der Waals surface area contributed by atoms with E-state index >= 15 is 0 Å². The Morgan fingerprint density at radius 2 is 1.11 bits per heavy atom. The third kappa shape index (κ3) is 1770. The average molecular weight is 153 g/mol. The molecule has 0 saturated heterocycles. The lowest BCUT2D eigenvalue weighted by molar-refractivity contribution is -0.402. The summed E-state index contributed by atoms with van der Waals surface area (Å²) in [5.74, 6) is 0. The molecule has 0 aromatic heterocycles. The molecule has 0 rings (SSSR count). The summed E-state index contributed by atoms with van der Waals surface area (Å²) in [7, 11) is -0.389. The summed E-state index contributed by atoms with van der Waals surface area (Å²) in [6, 6.07) is 0. The third-order valence-electron chi connectivity index (χ3n) is 0. The van der Waals surface area contributed by atoms with Crippen LogP contribution in [0.1, 0.15) is 0 Å². The molecule has 0 aliphatic carbocycles. The Hall–Kier alpha value is -0.370. The van der Waals surface area contributed by atoms with Crippen LogP contribution in [0.2, 0.25) is 0 Å². The van der Waals surface area contributed by atoms with Crippen molar-refractivity contribution < 1.29 is 5.09 Å². The van der Waals surface area contributed by atoms with Gasteiger partial charge in [0, 0.05) is 33.9 Å². The molecule has 9 heavy (non-hydrogen) atoms. The van der Waals surface area contributed by atoms with Crippen molar-refractivity contribution in [3.63, 3.8) is 0 Å². The molecule has 0 aliphatic rings. The highest BCUT2D eigenvalue weighted by Crippen LogP contribution is 2.40. The molecular formula is C4H12NO3P. The molecule has 0 fully saturated rings. The van der Waals surface area contributed by atoms with Gasteiger partial charge in [0.1, 0.15) is 0 Å². The van der Waals surface area contributed by atoms with Crippen LogP contribution in [0.5, 0.6) is 0 Å².